The highest BCUT2D eigenvalue weighted by Gasteiger charge is 2.24. The zero-order valence-corrected chi connectivity index (χ0v) is 15.0. The first-order chi connectivity index (χ1) is 12.7. The molecule has 26 heavy (non-hydrogen) atoms. The number of aliphatic hydroxyl groups excluding tert-OH is 1. The lowest BCUT2D eigenvalue weighted by atomic mass is 10.1. The number of rotatable bonds is 4. The predicted octanol–water partition coefficient (Wildman–Crippen LogP) is 3.68. The average molecular weight is 367 g/mol. The summed E-state index contributed by atoms with van der Waals surface area (Å²) in [6.45, 7) is 1.90. The first kappa shape index (κ1) is 16.9. The summed E-state index contributed by atoms with van der Waals surface area (Å²) >= 11 is 6.02. The largest absolute Gasteiger partial charge is 0.396 e. The van der Waals surface area contributed by atoms with E-state index in [4.69, 9.17) is 21.6 Å². The Balaban J connectivity index is 1.78. The Morgan fingerprint density at radius 3 is 2.65 bits per heavy atom. The number of anilines is 1. The quantitative estimate of drug-likeness (QED) is 0.763. The molecule has 3 heterocycles. The molecule has 0 radical (unpaired) electrons. The van der Waals surface area contributed by atoms with Crippen LogP contribution < -0.4 is 4.90 Å². The lowest BCUT2D eigenvalue weighted by molar-refractivity contribution is 0.238. The van der Waals surface area contributed by atoms with E-state index in [-0.39, 0.29) is 6.61 Å². The van der Waals surface area contributed by atoms with E-state index >= 15 is 0 Å². The van der Waals surface area contributed by atoms with Gasteiger partial charge < -0.3 is 10.0 Å². The maximum absolute atomic E-state index is 9.44. The molecule has 5 nitrogen and oxygen atoms in total. The molecule has 2 aromatic heterocycles. The summed E-state index contributed by atoms with van der Waals surface area (Å²) in [6, 6.07) is 13.5. The molecule has 6 heteroatoms. The van der Waals surface area contributed by atoms with Crippen molar-refractivity contribution in [3.05, 3.63) is 59.9 Å². The highest BCUT2D eigenvalue weighted by atomic mass is 35.5. The Morgan fingerprint density at radius 2 is 1.96 bits per heavy atom. The zero-order chi connectivity index (χ0) is 17.9. The van der Waals surface area contributed by atoms with E-state index in [1.807, 2.05) is 42.5 Å². The number of hydrogen-bond acceptors (Lipinski definition) is 5. The van der Waals surface area contributed by atoms with E-state index in [0.717, 1.165) is 42.1 Å². The molecule has 0 bridgehead atoms. The van der Waals surface area contributed by atoms with Gasteiger partial charge in [-0.3, -0.25) is 4.98 Å². The molecule has 0 amide bonds. The number of aliphatic hydroxyl groups is 1. The van der Waals surface area contributed by atoms with Crippen LogP contribution in [0.2, 0.25) is 5.02 Å². The molecule has 0 aliphatic carbocycles. The minimum atomic E-state index is 0.209. The van der Waals surface area contributed by atoms with Crippen LogP contribution in [0.4, 0.5) is 5.82 Å². The third-order valence-corrected chi connectivity index (χ3v) is 4.89. The molecule has 1 fully saturated rings. The lowest BCUT2D eigenvalue weighted by Crippen LogP contribution is -2.22. The summed E-state index contributed by atoms with van der Waals surface area (Å²) < 4.78 is 0. The smallest absolute Gasteiger partial charge is 0.163 e. The van der Waals surface area contributed by atoms with Gasteiger partial charge in [-0.25, -0.2) is 9.97 Å². The van der Waals surface area contributed by atoms with Crippen molar-refractivity contribution in [2.24, 2.45) is 5.92 Å². The summed E-state index contributed by atoms with van der Waals surface area (Å²) in [5.41, 5.74) is 2.71. The number of pyridine rings is 1. The Bertz CT molecular complexity index is 886. The topological polar surface area (TPSA) is 62.1 Å². The van der Waals surface area contributed by atoms with Gasteiger partial charge >= 0.3 is 0 Å². The SMILES string of the molecule is OC[C@H]1CCN(c2cc(-c3ccc(Cl)cc3)nc(-c3cccnc3)n2)C1. The molecule has 1 aliphatic rings. The summed E-state index contributed by atoms with van der Waals surface area (Å²) in [4.78, 5) is 15.9. The summed E-state index contributed by atoms with van der Waals surface area (Å²) in [5.74, 6) is 1.82. The molecule has 4 rings (SSSR count). The van der Waals surface area contributed by atoms with Gasteiger partial charge in [0.25, 0.3) is 0 Å². The van der Waals surface area contributed by atoms with Crippen molar-refractivity contribution in [2.75, 3.05) is 24.6 Å². The zero-order valence-electron chi connectivity index (χ0n) is 14.2. The van der Waals surface area contributed by atoms with Gasteiger partial charge in [0.15, 0.2) is 5.82 Å². The maximum Gasteiger partial charge on any atom is 0.163 e. The van der Waals surface area contributed by atoms with Crippen molar-refractivity contribution in [1.29, 1.82) is 0 Å². The second-order valence-electron chi connectivity index (χ2n) is 6.47. The van der Waals surface area contributed by atoms with E-state index in [9.17, 15) is 5.11 Å². The van der Waals surface area contributed by atoms with Crippen LogP contribution in [-0.2, 0) is 0 Å². The highest BCUT2D eigenvalue weighted by Crippen LogP contribution is 2.29. The van der Waals surface area contributed by atoms with Crippen molar-refractivity contribution in [1.82, 2.24) is 15.0 Å². The van der Waals surface area contributed by atoms with E-state index in [1.165, 1.54) is 0 Å². The Kier molecular flexibility index (Phi) is 4.82. The molecule has 1 atom stereocenters. The Morgan fingerprint density at radius 1 is 1.12 bits per heavy atom. The van der Waals surface area contributed by atoms with E-state index in [2.05, 4.69) is 9.88 Å². The fourth-order valence-corrected chi connectivity index (χ4v) is 3.30. The lowest BCUT2D eigenvalue weighted by Gasteiger charge is -2.19. The van der Waals surface area contributed by atoms with Crippen LogP contribution in [0.1, 0.15) is 6.42 Å². The molecule has 0 saturated carbocycles. The monoisotopic (exact) mass is 366 g/mol. The average Bonchev–Trinajstić information content (AvgIpc) is 3.18. The van der Waals surface area contributed by atoms with Gasteiger partial charge in [-0.05, 0) is 30.7 Å². The Labute approximate surface area is 157 Å². The van der Waals surface area contributed by atoms with Crippen molar-refractivity contribution >= 4 is 17.4 Å². The molecule has 3 aromatic rings. The number of aromatic nitrogens is 3. The van der Waals surface area contributed by atoms with Gasteiger partial charge in [0.2, 0.25) is 0 Å². The number of hydrogen-bond donors (Lipinski definition) is 1. The normalized spacial score (nSPS) is 16.8. The van der Waals surface area contributed by atoms with Gasteiger partial charge in [-0.1, -0.05) is 23.7 Å². The van der Waals surface area contributed by atoms with Crippen LogP contribution in [0, 0.1) is 5.92 Å². The first-order valence-corrected chi connectivity index (χ1v) is 9.02. The van der Waals surface area contributed by atoms with Crippen LogP contribution >= 0.6 is 11.6 Å². The van der Waals surface area contributed by atoms with Crippen molar-refractivity contribution < 1.29 is 5.11 Å². The molecule has 0 spiro atoms. The highest BCUT2D eigenvalue weighted by molar-refractivity contribution is 6.30. The second-order valence-corrected chi connectivity index (χ2v) is 6.90. The van der Waals surface area contributed by atoms with Gasteiger partial charge in [-0.15, -0.1) is 0 Å². The predicted molar refractivity (Wildman–Crippen MR) is 103 cm³/mol. The van der Waals surface area contributed by atoms with Crippen molar-refractivity contribution in [3.8, 4) is 22.6 Å². The minimum Gasteiger partial charge on any atom is -0.396 e. The summed E-state index contributed by atoms with van der Waals surface area (Å²) in [5, 5.41) is 10.1. The van der Waals surface area contributed by atoms with Crippen molar-refractivity contribution in [2.45, 2.75) is 6.42 Å². The van der Waals surface area contributed by atoms with Gasteiger partial charge in [0.05, 0.1) is 5.69 Å². The van der Waals surface area contributed by atoms with Crippen LogP contribution in [0.3, 0.4) is 0 Å². The molecule has 1 N–H and O–H groups in total. The third-order valence-electron chi connectivity index (χ3n) is 4.64. The molecular formula is C20H19ClN4O. The second kappa shape index (κ2) is 7.40. The molecule has 0 unspecified atom stereocenters. The fraction of sp³-hybridized carbons (Fsp3) is 0.250. The summed E-state index contributed by atoms with van der Waals surface area (Å²) in [6.07, 6.45) is 4.48. The molecule has 1 saturated heterocycles. The number of nitrogens with zero attached hydrogens (tertiary/aromatic N) is 4. The minimum absolute atomic E-state index is 0.209. The Hall–Kier alpha value is -2.50. The van der Waals surface area contributed by atoms with Crippen molar-refractivity contribution in [3.63, 3.8) is 0 Å². The van der Waals surface area contributed by atoms with E-state index < -0.39 is 0 Å². The number of halogens is 1. The molecular weight excluding hydrogens is 348 g/mol. The fourth-order valence-electron chi connectivity index (χ4n) is 3.18. The summed E-state index contributed by atoms with van der Waals surface area (Å²) in [7, 11) is 0. The number of benzene rings is 1. The first-order valence-electron chi connectivity index (χ1n) is 8.64. The van der Waals surface area contributed by atoms with Crippen LogP contribution in [0.5, 0.6) is 0 Å². The van der Waals surface area contributed by atoms with Gasteiger partial charge in [0.1, 0.15) is 5.82 Å². The third kappa shape index (κ3) is 3.54. The molecule has 132 valence electrons. The van der Waals surface area contributed by atoms with E-state index in [0.29, 0.717) is 16.8 Å². The maximum atomic E-state index is 9.44. The van der Waals surface area contributed by atoms with Crippen LogP contribution in [-0.4, -0.2) is 39.8 Å². The van der Waals surface area contributed by atoms with E-state index in [1.54, 1.807) is 12.4 Å². The molecule has 1 aliphatic heterocycles. The van der Waals surface area contributed by atoms with Gasteiger partial charge in [0, 0.05) is 60.2 Å². The van der Waals surface area contributed by atoms with Crippen LogP contribution in [0.25, 0.3) is 22.6 Å². The van der Waals surface area contributed by atoms with Crippen LogP contribution in [0.15, 0.2) is 54.9 Å². The standard InChI is InChI=1S/C20H19ClN4O/c21-17-5-3-15(4-6-17)18-10-19(25-9-7-14(12-25)13-26)24-20(23-18)16-2-1-8-22-11-16/h1-6,8,10-11,14,26H,7,9,12-13H2/t14-/m0/s1. The van der Waals surface area contributed by atoms with Gasteiger partial charge in [-0.2, -0.15) is 0 Å². The molecule has 1 aromatic carbocycles.